The summed E-state index contributed by atoms with van der Waals surface area (Å²) < 4.78 is 12.0. The van der Waals surface area contributed by atoms with Gasteiger partial charge in [0.05, 0.1) is 7.11 Å². The smallest absolute Gasteiger partial charge is 0.355 e. The molecule has 1 amide bonds. The van der Waals surface area contributed by atoms with Gasteiger partial charge in [0.25, 0.3) is 5.91 Å². The van der Waals surface area contributed by atoms with Crippen LogP contribution in [0.3, 0.4) is 0 Å². The van der Waals surface area contributed by atoms with Crippen LogP contribution in [0.2, 0.25) is 0 Å². The molecule has 1 aromatic carbocycles. The Hall–Kier alpha value is -2.76. The Balaban J connectivity index is 1.90. The molecule has 0 fully saturated rings. The highest BCUT2D eigenvalue weighted by atomic mass is 16.5. The van der Waals surface area contributed by atoms with Crippen molar-refractivity contribution in [1.29, 1.82) is 0 Å². The molecular weight excluding hydrogens is 296 g/mol. The van der Waals surface area contributed by atoms with Crippen LogP contribution in [0.4, 0.5) is 0 Å². The van der Waals surface area contributed by atoms with Gasteiger partial charge in [-0.25, -0.2) is 4.79 Å². The number of aryl methyl sites for hydroxylation is 1. The zero-order valence-electron chi connectivity index (χ0n) is 13.4. The van der Waals surface area contributed by atoms with E-state index in [1.807, 2.05) is 24.3 Å². The zero-order chi connectivity index (χ0) is 16.8. The number of hydrogen-bond acceptors (Lipinski definition) is 4. The molecule has 0 aliphatic heterocycles. The van der Waals surface area contributed by atoms with Crippen molar-refractivity contribution in [3.05, 3.63) is 53.9 Å². The lowest BCUT2D eigenvalue weighted by Gasteiger charge is -2.14. The molecule has 0 unspecified atom stereocenters. The summed E-state index contributed by atoms with van der Waals surface area (Å²) in [6.45, 7) is 1.84. The Labute approximate surface area is 135 Å². The Morgan fingerprint density at radius 3 is 2.61 bits per heavy atom. The van der Waals surface area contributed by atoms with Crippen molar-refractivity contribution in [2.75, 3.05) is 7.11 Å². The van der Waals surface area contributed by atoms with E-state index in [4.69, 9.17) is 9.47 Å². The molecule has 0 spiro atoms. The number of nitrogens with zero attached hydrogens (tertiary/aromatic N) is 1. The van der Waals surface area contributed by atoms with E-state index >= 15 is 0 Å². The number of para-hydroxylation sites is 1. The second-order valence-electron chi connectivity index (χ2n) is 5.08. The third-order valence-electron chi connectivity index (χ3n) is 3.45. The van der Waals surface area contributed by atoms with Crippen LogP contribution in [0.15, 0.2) is 42.6 Å². The number of hydrogen-bond donors (Lipinski definition) is 1. The number of rotatable bonds is 6. The number of carbonyl (C=O) groups excluding carboxylic acids is 2. The van der Waals surface area contributed by atoms with E-state index in [0.29, 0.717) is 18.0 Å². The van der Waals surface area contributed by atoms with Crippen molar-refractivity contribution >= 4 is 11.9 Å². The molecule has 1 atom stereocenters. The molecule has 0 saturated heterocycles. The summed E-state index contributed by atoms with van der Waals surface area (Å²) in [5, 5.41) is 2.74. The summed E-state index contributed by atoms with van der Waals surface area (Å²) in [4.78, 5) is 24.0. The van der Waals surface area contributed by atoms with Gasteiger partial charge in [-0.2, -0.15) is 0 Å². The van der Waals surface area contributed by atoms with E-state index in [2.05, 4.69) is 5.32 Å². The van der Waals surface area contributed by atoms with Gasteiger partial charge >= 0.3 is 5.97 Å². The van der Waals surface area contributed by atoms with Crippen LogP contribution in [0.5, 0.6) is 5.75 Å². The zero-order valence-corrected chi connectivity index (χ0v) is 13.4. The molecule has 0 aliphatic rings. The molecular formula is C17H20N2O4. The third kappa shape index (κ3) is 4.12. The van der Waals surface area contributed by atoms with E-state index < -0.39 is 12.1 Å². The van der Waals surface area contributed by atoms with Crippen molar-refractivity contribution in [1.82, 2.24) is 9.88 Å². The largest absolute Gasteiger partial charge is 0.496 e. The van der Waals surface area contributed by atoms with E-state index in [0.717, 1.165) is 5.56 Å². The van der Waals surface area contributed by atoms with Crippen LogP contribution in [0.1, 0.15) is 23.0 Å². The van der Waals surface area contributed by atoms with Gasteiger partial charge < -0.3 is 19.4 Å². The number of carbonyl (C=O) groups is 2. The number of benzene rings is 1. The van der Waals surface area contributed by atoms with Crippen molar-refractivity contribution in [3.8, 4) is 5.75 Å². The molecule has 0 aliphatic carbocycles. The van der Waals surface area contributed by atoms with Gasteiger partial charge in [0, 0.05) is 25.4 Å². The molecule has 6 nitrogen and oxygen atoms in total. The first-order chi connectivity index (χ1) is 11.0. The quantitative estimate of drug-likeness (QED) is 0.826. The van der Waals surface area contributed by atoms with Crippen LogP contribution in [-0.4, -0.2) is 29.7 Å². The fourth-order valence-corrected chi connectivity index (χ4v) is 2.12. The normalized spacial score (nSPS) is 11.6. The molecule has 2 aromatic rings. The number of ether oxygens (including phenoxy) is 2. The van der Waals surface area contributed by atoms with Gasteiger partial charge in [-0.05, 0) is 25.1 Å². The summed E-state index contributed by atoms with van der Waals surface area (Å²) in [6, 6.07) is 10.8. The maximum Gasteiger partial charge on any atom is 0.355 e. The Kier molecular flexibility index (Phi) is 5.41. The van der Waals surface area contributed by atoms with Crippen LogP contribution in [0.25, 0.3) is 0 Å². The van der Waals surface area contributed by atoms with Crippen molar-refractivity contribution in [2.24, 2.45) is 7.05 Å². The lowest BCUT2D eigenvalue weighted by molar-refractivity contribution is -0.129. The van der Waals surface area contributed by atoms with Gasteiger partial charge in [-0.1, -0.05) is 18.2 Å². The lowest BCUT2D eigenvalue weighted by atomic mass is 10.2. The van der Waals surface area contributed by atoms with Crippen LogP contribution in [0, 0.1) is 0 Å². The maximum absolute atomic E-state index is 12.1. The first-order valence-corrected chi connectivity index (χ1v) is 7.25. The van der Waals surface area contributed by atoms with Crippen molar-refractivity contribution in [3.63, 3.8) is 0 Å². The average Bonchev–Trinajstić information content (AvgIpc) is 2.98. The summed E-state index contributed by atoms with van der Waals surface area (Å²) in [5.74, 6) is -0.197. The van der Waals surface area contributed by atoms with E-state index in [1.54, 1.807) is 44.0 Å². The number of nitrogens with one attached hydrogen (secondary N) is 1. The summed E-state index contributed by atoms with van der Waals surface area (Å²) in [6.07, 6.45) is 0.857. The van der Waals surface area contributed by atoms with E-state index in [9.17, 15) is 9.59 Å². The lowest BCUT2D eigenvalue weighted by Crippen LogP contribution is -2.35. The van der Waals surface area contributed by atoms with Gasteiger partial charge in [-0.3, -0.25) is 4.79 Å². The monoisotopic (exact) mass is 316 g/mol. The number of esters is 1. The van der Waals surface area contributed by atoms with Crippen molar-refractivity contribution < 1.29 is 19.1 Å². The summed E-state index contributed by atoms with van der Waals surface area (Å²) in [7, 11) is 3.31. The van der Waals surface area contributed by atoms with Crippen LogP contribution in [-0.2, 0) is 23.1 Å². The molecule has 1 N–H and O–H groups in total. The van der Waals surface area contributed by atoms with Gasteiger partial charge in [-0.15, -0.1) is 0 Å². The molecule has 122 valence electrons. The Bertz CT molecular complexity index is 693. The number of amides is 1. The maximum atomic E-state index is 12.1. The number of aromatic nitrogens is 1. The molecule has 1 aromatic heterocycles. The molecule has 6 heteroatoms. The molecule has 23 heavy (non-hydrogen) atoms. The molecule has 0 bridgehead atoms. The highest BCUT2D eigenvalue weighted by molar-refractivity contribution is 5.91. The predicted octanol–water partition coefficient (Wildman–Crippen LogP) is 1.90. The van der Waals surface area contributed by atoms with Gasteiger partial charge in [0.2, 0.25) is 0 Å². The summed E-state index contributed by atoms with van der Waals surface area (Å²) in [5.41, 5.74) is 1.25. The van der Waals surface area contributed by atoms with Gasteiger partial charge in [0.15, 0.2) is 6.10 Å². The fraction of sp³-hybridized carbons (Fsp3) is 0.294. The minimum atomic E-state index is -0.882. The number of methoxy groups -OCH3 is 1. The van der Waals surface area contributed by atoms with E-state index in [-0.39, 0.29) is 5.91 Å². The first kappa shape index (κ1) is 16.6. The summed E-state index contributed by atoms with van der Waals surface area (Å²) >= 11 is 0. The second-order valence-corrected chi connectivity index (χ2v) is 5.08. The topological polar surface area (TPSA) is 69.6 Å². The minimum absolute atomic E-state index is 0.300. The highest BCUT2D eigenvalue weighted by Crippen LogP contribution is 2.16. The Morgan fingerprint density at radius 1 is 1.22 bits per heavy atom. The van der Waals surface area contributed by atoms with Crippen LogP contribution < -0.4 is 10.1 Å². The average molecular weight is 316 g/mol. The molecule has 0 radical (unpaired) electrons. The second kappa shape index (κ2) is 7.49. The van der Waals surface area contributed by atoms with Crippen LogP contribution >= 0.6 is 0 Å². The van der Waals surface area contributed by atoms with E-state index in [1.165, 1.54) is 0 Å². The van der Waals surface area contributed by atoms with Crippen molar-refractivity contribution in [2.45, 2.75) is 19.6 Å². The molecule has 0 saturated carbocycles. The standard InChI is InChI=1S/C17H20N2O4/c1-12(23-17(21)14-8-6-10-19(14)2)16(20)18-11-13-7-4-5-9-15(13)22-3/h4-10,12H,11H2,1-3H3,(H,18,20)/t12-/m1/s1. The fourth-order valence-electron chi connectivity index (χ4n) is 2.12. The Morgan fingerprint density at radius 2 is 1.96 bits per heavy atom. The first-order valence-electron chi connectivity index (χ1n) is 7.25. The minimum Gasteiger partial charge on any atom is -0.496 e. The highest BCUT2D eigenvalue weighted by Gasteiger charge is 2.20. The third-order valence-corrected chi connectivity index (χ3v) is 3.45. The molecule has 1 heterocycles. The SMILES string of the molecule is COc1ccccc1CNC(=O)[C@@H](C)OC(=O)c1cccn1C. The molecule has 2 rings (SSSR count). The predicted molar refractivity (Wildman–Crippen MR) is 85.1 cm³/mol. The van der Waals surface area contributed by atoms with Gasteiger partial charge in [0.1, 0.15) is 11.4 Å².